The second-order valence-electron chi connectivity index (χ2n) is 5.75. The van der Waals surface area contributed by atoms with Crippen LogP contribution in [0.4, 0.5) is 5.69 Å². The number of ether oxygens (including phenoxy) is 1. The smallest absolute Gasteiger partial charge is 0.338 e. The van der Waals surface area contributed by atoms with E-state index in [-0.39, 0.29) is 11.8 Å². The Morgan fingerprint density at radius 3 is 2.71 bits per heavy atom. The largest absolute Gasteiger partial charge is 0.459 e. The van der Waals surface area contributed by atoms with Gasteiger partial charge >= 0.3 is 5.97 Å². The molecule has 7 nitrogen and oxygen atoms in total. The van der Waals surface area contributed by atoms with Crippen molar-refractivity contribution in [3.8, 4) is 0 Å². The van der Waals surface area contributed by atoms with Gasteiger partial charge in [0.15, 0.2) is 5.11 Å². The Morgan fingerprint density at radius 1 is 1.46 bits per heavy atom. The number of hydrogen-bond donors (Lipinski definition) is 1. The second kappa shape index (κ2) is 6.96. The molecule has 0 amide bonds. The number of esters is 1. The van der Waals surface area contributed by atoms with Gasteiger partial charge < -0.3 is 15.0 Å². The molecular formula is C16H19N3O4S. The maximum Gasteiger partial charge on any atom is 0.338 e. The number of carbonyl (C=O) groups excluding carboxylic acids is 1. The number of nitrogens with zero attached hydrogens (tertiary/aromatic N) is 2. The SMILES string of the molecule is CC1=C(C(=O)OC(C)C)C(c2cccc([N+](=O)[O-])c2)NC(=S)N1C. The summed E-state index contributed by atoms with van der Waals surface area (Å²) in [5, 5.41) is 14.5. The van der Waals surface area contributed by atoms with Crippen LogP contribution in [0.5, 0.6) is 0 Å². The summed E-state index contributed by atoms with van der Waals surface area (Å²) in [5.74, 6) is -0.471. The Labute approximate surface area is 145 Å². The van der Waals surface area contributed by atoms with Gasteiger partial charge in [-0.05, 0) is 38.6 Å². The highest BCUT2D eigenvalue weighted by molar-refractivity contribution is 7.80. The molecule has 24 heavy (non-hydrogen) atoms. The van der Waals surface area contributed by atoms with Gasteiger partial charge in [-0.3, -0.25) is 10.1 Å². The number of nitrogens with one attached hydrogen (secondary N) is 1. The van der Waals surface area contributed by atoms with Crippen molar-refractivity contribution in [2.75, 3.05) is 7.05 Å². The van der Waals surface area contributed by atoms with E-state index >= 15 is 0 Å². The molecule has 0 radical (unpaired) electrons. The molecule has 1 aromatic rings. The molecule has 1 heterocycles. The summed E-state index contributed by atoms with van der Waals surface area (Å²) in [6.45, 7) is 5.30. The Hall–Kier alpha value is -2.48. The van der Waals surface area contributed by atoms with E-state index in [1.807, 2.05) is 0 Å². The molecule has 1 aromatic carbocycles. The third-order valence-corrected chi connectivity index (χ3v) is 4.12. The number of non-ortho nitro benzene ring substituents is 1. The second-order valence-corrected chi connectivity index (χ2v) is 6.13. The van der Waals surface area contributed by atoms with Crippen molar-refractivity contribution >= 4 is 29.0 Å². The Kier molecular flexibility index (Phi) is 5.18. The number of nitro benzene ring substituents is 1. The minimum atomic E-state index is -0.597. The van der Waals surface area contributed by atoms with Crippen molar-refractivity contribution in [1.82, 2.24) is 10.2 Å². The number of carbonyl (C=O) groups is 1. The van der Waals surface area contributed by atoms with Crippen molar-refractivity contribution in [2.45, 2.75) is 32.9 Å². The highest BCUT2D eigenvalue weighted by Gasteiger charge is 2.34. The molecule has 0 saturated heterocycles. The van der Waals surface area contributed by atoms with Crippen LogP contribution in [-0.4, -0.2) is 34.1 Å². The quantitative estimate of drug-likeness (QED) is 0.387. The fraction of sp³-hybridized carbons (Fsp3) is 0.375. The predicted octanol–water partition coefficient (Wildman–Crippen LogP) is 2.68. The Balaban J connectivity index is 2.53. The molecule has 0 saturated carbocycles. The first kappa shape index (κ1) is 17.9. The van der Waals surface area contributed by atoms with Crippen LogP contribution >= 0.6 is 12.2 Å². The van der Waals surface area contributed by atoms with Crippen molar-refractivity contribution in [1.29, 1.82) is 0 Å². The molecule has 1 N–H and O–H groups in total. The number of thiocarbonyl (C=S) groups is 1. The van der Waals surface area contributed by atoms with E-state index in [2.05, 4.69) is 5.32 Å². The zero-order chi connectivity index (χ0) is 18.0. The van der Waals surface area contributed by atoms with Gasteiger partial charge in [-0.15, -0.1) is 0 Å². The fourth-order valence-corrected chi connectivity index (χ4v) is 2.70. The molecule has 0 bridgehead atoms. The monoisotopic (exact) mass is 349 g/mol. The van der Waals surface area contributed by atoms with E-state index in [1.54, 1.807) is 44.9 Å². The van der Waals surface area contributed by atoms with Crippen molar-refractivity contribution in [3.05, 3.63) is 51.2 Å². The average Bonchev–Trinajstić information content (AvgIpc) is 2.51. The molecule has 0 spiro atoms. The lowest BCUT2D eigenvalue weighted by molar-refractivity contribution is -0.384. The van der Waals surface area contributed by atoms with E-state index in [0.717, 1.165) is 0 Å². The summed E-state index contributed by atoms with van der Waals surface area (Å²) in [6, 6.07) is 5.53. The average molecular weight is 349 g/mol. The van der Waals surface area contributed by atoms with Gasteiger partial charge in [-0.2, -0.15) is 0 Å². The number of nitro groups is 1. The van der Waals surface area contributed by atoms with Crippen molar-refractivity contribution < 1.29 is 14.5 Å². The van der Waals surface area contributed by atoms with Crippen LogP contribution in [0.1, 0.15) is 32.4 Å². The summed E-state index contributed by atoms with van der Waals surface area (Å²) in [6.07, 6.45) is -0.275. The van der Waals surface area contributed by atoms with Crippen LogP contribution in [-0.2, 0) is 9.53 Å². The van der Waals surface area contributed by atoms with E-state index in [9.17, 15) is 14.9 Å². The zero-order valence-electron chi connectivity index (χ0n) is 13.9. The van der Waals surface area contributed by atoms with Gasteiger partial charge in [0.25, 0.3) is 5.69 Å². The Morgan fingerprint density at radius 2 is 2.12 bits per heavy atom. The molecule has 1 aliphatic heterocycles. The van der Waals surface area contributed by atoms with Crippen LogP contribution in [0, 0.1) is 10.1 Å². The molecule has 0 aromatic heterocycles. The normalized spacial score (nSPS) is 17.8. The van der Waals surface area contributed by atoms with Crippen molar-refractivity contribution in [3.63, 3.8) is 0 Å². The topological polar surface area (TPSA) is 84.7 Å². The summed E-state index contributed by atoms with van der Waals surface area (Å²) < 4.78 is 5.33. The first-order valence-corrected chi connectivity index (χ1v) is 7.83. The van der Waals surface area contributed by atoms with E-state index in [0.29, 0.717) is 21.9 Å². The molecule has 0 fully saturated rings. The lowest BCUT2D eigenvalue weighted by Crippen LogP contribution is -2.46. The number of hydrogen-bond acceptors (Lipinski definition) is 5. The van der Waals surface area contributed by atoms with Gasteiger partial charge in [-0.1, -0.05) is 12.1 Å². The summed E-state index contributed by atoms with van der Waals surface area (Å²) in [5.41, 5.74) is 1.57. The molecular weight excluding hydrogens is 330 g/mol. The molecule has 1 aliphatic rings. The summed E-state index contributed by atoms with van der Waals surface area (Å²) in [4.78, 5) is 24.8. The molecule has 1 unspecified atom stereocenters. The van der Waals surface area contributed by atoms with Crippen molar-refractivity contribution in [2.24, 2.45) is 0 Å². The molecule has 1 atom stereocenters. The van der Waals surface area contributed by atoms with Crippen LogP contribution in [0.15, 0.2) is 35.5 Å². The lowest BCUT2D eigenvalue weighted by atomic mass is 9.95. The Bertz CT molecular complexity index is 730. The predicted molar refractivity (Wildman–Crippen MR) is 93.3 cm³/mol. The number of benzene rings is 1. The number of rotatable bonds is 4. The van der Waals surface area contributed by atoms with Gasteiger partial charge in [-0.25, -0.2) is 4.79 Å². The third-order valence-electron chi connectivity index (χ3n) is 3.73. The van der Waals surface area contributed by atoms with Gasteiger partial charge in [0.2, 0.25) is 0 Å². The highest BCUT2D eigenvalue weighted by Crippen LogP contribution is 2.32. The first-order chi connectivity index (χ1) is 11.2. The molecule has 8 heteroatoms. The van der Waals surface area contributed by atoms with Gasteiger partial charge in [0, 0.05) is 24.9 Å². The van der Waals surface area contributed by atoms with Crippen LogP contribution < -0.4 is 5.32 Å². The van der Waals surface area contributed by atoms with Gasteiger partial charge in [0.1, 0.15) is 0 Å². The lowest BCUT2D eigenvalue weighted by Gasteiger charge is -2.35. The summed E-state index contributed by atoms with van der Waals surface area (Å²) in [7, 11) is 1.75. The van der Waals surface area contributed by atoms with E-state index in [1.165, 1.54) is 12.1 Å². The summed E-state index contributed by atoms with van der Waals surface area (Å²) >= 11 is 5.29. The molecule has 0 aliphatic carbocycles. The zero-order valence-corrected chi connectivity index (χ0v) is 14.7. The standard InChI is InChI=1S/C16H19N3O4S/c1-9(2)23-15(20)13-10(3)18(4)16(24)17-14(13)11-6-5-7-12(8-11)19(21)22/h5-9,14H,1-4H3,(H,17,24). The molecule has 2 rings (SSSR count). The van der Waals surface area contributed by atoms with Crippen LogP contribution in [0.3, 0.4) is 0 Å². The maximum absolute atomic E-state index is 12.5. The first-order valence-electron chi connectivity index (χ1n) is 7.42. The van der Waals surface area contributed by atoms with Crippen LogP contribution in [0.2, 0.25) is 0 Å². The van der Waals surface area contributed by atoms with E-state index in [4.69, 9.17) is 17.0 Å². The number of allylic oxidation sites excluding steroid dienone is 1. The maximum atomic E-state index is 12.5. The minimum Gasteiger partial charge on any atom is -0.459 e. The van der Waals surface area contributed by atoms with Gasteiger partial charge in [0.05, 0.1) is 22.6 Å². The highest BCUT2D eigenvalue weighted by atomic mass is 32.1. The fourth-order valence-electron chi connectivity index (χ4n) is 2.45. The minimum absolute atomic E-state index is 0.0478. The third kappa shape index (κ3) is 3.53. The van der Waals surface area contributed by atoms with E-state index < -0.39 is 16.9 Å². The van der Waals surface area contributed by atoms with Crippen LogP contribution in [0.25, 0.3) is 0 Å². The molecule has 128 valence electrons.